The first-order valence-electron chi connectivity index (χ1n) is 11.8. The van der Waals surface area contributed by atoms with Gasteiger partial charge in [0.1, 0.15) is 5.75 Å². The predicted molar refractivity (Wildman–Crippen MR) is 124 cm³/mol. The van der Waals surface area contributed by atoms with E-state index in [1.54, 1.807) is 12.7 Å². The zero-order valence-electron chi connectivity index (χ0n) is 18.3. The van der Waals surface area contributed by atoms with E-state index in [2.05, 4.69) is 46.3 Å². The van der Waals surface area contributed by atoms with E-state index >= 15 is 0 Å². The smallest absolute Gasteiger partial charge is 0.119 e. The highest BCUT2D eigenvalue weighted by molar-refractivity contribution is 5.88. The topological polar surface area (TPSA) is 48.5 Å². The Morgan fingerprint density at radius 1 is 1.13 bits per heavy atom. The number of aromatic amines is 1. The fourth-order valence-corrected chi connectivity index (χ4v) is 6.05. The van der Waals surface area contributed by atoms with Gasteiger partial charge in [0.2, 0.25) is 0 Å². The van der Waals surface area contributed by atoms with Gasteiger partial charge in [-0.3, -0.25) is 0 Å². The maximum absolute atomic E-state index is 9.73. The van der Waals surface area contributed by atoms with Gasteiger partial charge < -0.3 is 19.7 Å². The number of benzene rings is 2. The van der Waals surface area contributed by atoms with Crippen LogP contribution in [0.4, 0.5) is 0 Å². The molecule has 2 aliphatic carbocycles. The van der Waals surface area contributed by atoms with Crippen LogP contribution in [0.3, 0.4) is 0 Å². The third kappa shape index (κ3) is 3.66. The molecule has 3 aromatic rings. The number of hydrogen-bond acceptors (Lipinski definition) is 3. The Morgan fingerprint density at radius 2 is 2.00 bits per heavy atom. The second kappa shape index (κ2) is 7.68. The van der Waals surface area contributed by atoms with Crippen molar-refractivity contribution >= 4 is 10.9 Å². The van der Waals surface area contributed by atoms with Gasteiger partial charge in [-0.25, -0.2) is 0 Å². The van der Waals surface area contributed by atoms with Gasteiger partial charge in [0.25, 0.3) is 0 Å². The SMILES string of the molecule is COc1cccc(Cc2cccc3c4c([nH]c23)CC2CCN(CC3CC3O)CC2C4)c1. The molecule has 3 aliphatic rings. The average Bonchev–Trinajstić information content (AvgIpc) is 3.35. The molecular weight excluding hydrogens is 384 g/mol. The molecule has 4 unspecified atom stereocenters. The molecule has 1 saturated carbocycles. The molecule has 1 aliphatic heterocycles. The molecule has 0 spiro atoms. The lowest BCUT2D eigenvalue weighted by Gasteiger charge is -2.41. The minimum Gasteiger partial charge on any atom is -0.497 e. The Balaban J connectivity index is 1.26. The van der Waals surface area contributed by atoms with Gasteiger partial charge >= 0.3 is 0 Å². The Morgan fingerprint density at radius 3 is 2.84 bits per heavy atom. The standard InChI is InChI=1S/C27H32N2O2/c1-31-22-6-2-4-17(11-22)10-19-5-3-7-23-24-12-20-15-29(16-21-14-26(21)30)9-8-18(20)13-25(24)28-27(19)23/h2-7,11,18,20-21,26,28,30H,8-10,12-16H2,1H3. The van der Waals surface area contributed by atoms with Gasteiger partial charge in [-0.05, 0) is 85.2 Å². The van der Waals surface area contributed by atoms with Crippen LogP contribution in [0.1, 0.15) is 35.2 Å². The fourth-order valence-electron chi connectivity index (χ4n) is 6.05. The molecule has 6 rings (SSSR count). The molecule has 2 heterocycles. The largest absolute Gasteiger partial charge is 0.497 e. The van der Waals surface area contributed by atoms with Crippen LogP contribution in [-0.4, -0.2) is 47.8 Å². The molecule has 1 aromatic heterocycles. The van der Waals surface area contributed by atoms with E-state index in [4.69, 9.17) is 4.74 Å². The van der Waals surface area contributed by atoms with E-state index in [9.17, 15) is 5.11 Å². The van der Waals surface area contributed by atoms with Crippen molar-refractivity contribution in [2.75, 3.05) is 26.7 Å². The molecular formula is C27H32N2O2. The molecule has 1 saturated heterocycles. The molecule has 2 N–H and O–H groups in total. The van der Waals surface area contributed by atoms with Crippen LogP contribution in [0.5, 0.6) is 5.75 Å². The number of nitrogens with zero attached hydrogens (tertiary/aromatic N) is 1. The lowest BCUT2D eigenvalue weighted by molar-refractivity contribution is 0.102. The minimum atomic E-state index is -0.0349. The Hall–Kier alpha value is -2.30. The number of methoxy groups -OCH3 is 1. The summed E-state index contributed by atoms with van der Waals surface area (Å²) in [7, 11) is 1.73. The summed E-state index contributed by atoms with van der Waals surface area (Å²) in [5, 5.41) is 11.2. The van der Waals surface area contributed by atoms with Crippen LogP contribution in [0.15, 0.2) is 42.5 Å². The summed E-state index contributed by atoms with van der Waals surface area (Å²) in [6.07, 6.45) is 5.55. The third-order valence-electron chi connectivity index (χ3n) is 7.93. The van der Waals surface area contributed by atoms with Crippen LogP contribution in [0.25, 0.3) is 10.9 Å². The zero-order chi connectivity index (χ0) is 20.9. The second-order valence-corrected chi connectivity index (χ2v) is 9.99. The summed E-state index contributed by atoms with van der Waals surface area (Å²) in [5.74, 6) is 2.99. The van der Waals surface area contributed by atoms with Crippen molar-refractivity contribution in [3.63, 3.8) is 0 Å². The van der Waals surface area contributed by atoms with E-state index in [1.807, 2.05) is 6.07 Å². The van der Waals surface area contributed by atoms with E-state index < -0.39 is 0 Å². The van der Waals surface area contributed by atoms with Crippen molar-refractivity contribution in [2.45, 2.75) is 38.2 Å². The van der Waals surface area contributed by atoms with Crippen molar-refractivity contribution in [3.8, 4) is 5.75 Å². The molecule has 2 fully saturated rings. The van der Waals surface area contributed by atoms with Crippen LogP contribution in [-0.2, 0) is 19.3 Å². The molecule has 0 bridgehead atoms. The number of fused-ring (bicyclic) bond motifs is 4. The van der Waals surface area contributed by atoms with E-state index in [0.29, 0.717) is 5.92 Å². The molecule has 4 atom stereocenters. The van der Waals surface area contributed by atoms with Crippen LogP contribution < -0.4 is 4.74 Å². The summed E-state index contributed by atoms with van der Waals surface area (Å²) in [4.78, 5) is 6.47. The third-order valence-corrected chi connectivity index (χ3v) is 7.93. The monoisotopic (exact) mass is 416 g/mol. The number of aliphatic hydroxyl groups is 1. The lowest BCUT2D eigenvalue weighted by Crippen LogP contribution is -2.44. The van der Waals surface area contributed by atoms with E-state index in [1.165, 1.54) is 60.1 Å². The lowest BCUT2D eigenvalue weighted by atomic mass is 9.74. The number of nitrogens with one attached hydrogen (secondary N) is 1. The van der Waals surface area contributed by atoms with Crippen molar-refractivity contribution in [2.24, 2.45) is 17.8 Å². The maximum Gasteiger partial charge on any atom is 0.119 e. The Kier molecular flexibility index (Phi) is 4.81. The number of aromatic nitrogens is 1. The highest BCUT2D eigenvalue weighted by Crippen LogP contribution is 2.41. The quantitative estimate of drug-likeness (QED) is 0.656. The molecule has 4 heteroatoms. The van der Waals surface area contributed by atoms with Gasteiger partial charge in [-0.1, -0.05) is 30.3 Å². The van der Waals surface area contributed by atoms with Crippen molar-refractivity contribution in [3.05, 3.63) is 64.8 Å². The first kappa shape index (κ1) is 19.4. The van der Waals surface area contributed by atoms with Crippen LogP contribution in [0, 0.1) is 17.8 Å². The predicted octanol–water partition coefficient (Wildman–Crippen LogP) is 4.18. The summed E-state index contributed by atoms with van der Waals surface area (Å²) in [6.45, 7) is 3.49. The van der Waals surface area contributed by atoms with Crippen LogP contribution >= 0.6 is 0 Å². The van der Waals surface area contributed by atoms with Gasteiger partial charge in [0.05, 0.1) is 13.2 Å². The Bertz CT molecular complexity index is 1100. The fraction of sp³-hybridized carbons (Fsp3) is 0.481. The molecule has 31 heavy (non-hydrogen) atoms. The number of aliphatic hydroxyl groups excluding tert-OH is 1. The molecule has 0 radical (unpaired) electrons. The summed E-state index contributed by atoms with van der Waals surface area (Å²) >= 11 is 0. The second-order valence-electron chi connectivity index (χ2n) is 9.99. The average molecular weight is 417 g/mol. The molecule has 0 amide bonds. The van der Waals surface area contributed by atoms with Gasteiger partial charge in [-0.2, -0.15) is 0 Å². The van der Waals surface area contributed by atoms with Gasteiger partial charge in [-0.15, -0.1) is 0 Å². The first-order chi connectivity index (χ1) is 15.2. The zero-order valence-corrected chi connectivity index (χ0v) is 18.3. The van der Waals surface area contributed by atoms with Crippen molar-refractivity contribution in [1.29, 1.82) is 0 Å². The molecule has 162 valence electrons. The van der Waals surface area contributed by atoms with Crippen molar-refractivity contribution in [1.82, 2.24) is 9.88 Å². The number of H-pyrrole nitrogens is 1. The highest BCUT2D eigenvalue weighted by Gasteiger charge is 2.40. The van der Waals surface area contributed by atoms with Gasteiger partial charge in [0.15, 0.2) is 0 Å². The number of para-hydroxylation sites is 1. The van der Waals surface area contributed by atoms with E-state index in [-0.39, 0.29) is 6.10 Å². The first-order valence-corrected chi connectivity index (χ1v) is 11.8. The number of rotatable bonds is 5. The molecule has 4 nitrogen and oxygen atoms in total. The number of piperidine rings is 1. The number of hydrogen-bond donors (Lipinski definition) is 2. The van der Waals surface area contributed by atoms with E-state index in [0.717, 1.165) is 37.0 Å². The summed E-state index contributed by atoms with van der Waals surface area (Å²) < 4.78 is 5.42. The minimum absolute atomic E-state index is 0.0349. The highest BCUT2D eigenvalue weighted by atomic mass is 16.5. The van der Waals surface area contributed by atoms with Gasteiger partial charge in [0, 0.05) is 29.7 Å². The number of ether oxygens (including phenoxy) is 1. The number of likely N-dealkylation sites (tertiary alicyclic amines) is 1. The van der Waals surface area contributed by atoms with Crippen molar-refractivity contribution < 1.29 is 9.84 Å². The Labute approximate surface area is 184 Å². The molecule has 2 aromatic carbocycles. The summed E-state index contributed by atoms with van der Waals surface area (Å²) in [6, 6.07) is 15.2. The summed E-state index contributed by atoms with van der Waals surface area (Å²) in [5.41, 5.74) is 7.00. The normalized spacial score (nSPS) is 27.7. The van der Waals surface area contributed by atoms with Crippen LogP contribution in [0.2, 0.25) is 0 Å². The maximum atomic E-state index is 9.73.